The zero-order valence-corrected chi connectivity index (χ0v) is 16.0. The molecule has 1 aliphatic carbocycles. The first-order chi connectivity index (χ1) is 12.9. The molecular formula is C20H25N5O2. The predicted octanol–water partition coefficient (Wildman–Crippen LogP) is 1.63. The van der Waals surface area contributed by atoms with E-state index in [9.17, 15) is 9.59 Å². The molecule has 1 fully saturated rings. The number of aromatic nitrogens is 3. The highest BCUT2D eigenvalue weighted by Crippen LogP contribution is 2.43. The van der Waals surface area contributed by atoms with Crippen LogP contribution in [-0.4, -0.2) is 62.7 Å². The minimum atomic E-state index is -0.176. The number of amides is 2. The average Bonchev–Trinajstić information content (AvgIpc) is 3.27. The highest BCUT2D eigenvalue weighted by Gasteiger charge is 2.45. The Hall–Kier alpha value is -2.70. The van der Waals surface area contributed by atoms with E-state index in [1.807, 2.05) is 24.0 Å². The summed E-state index contributed by atoms with van der Waals surface area (Å²) in [5.74, 6) is -0.00609. The van der Waals surface area contributed by atoms with Crippen LogP contribution in [0.2, 0.25) is 0 Å². The van der Waals surface area contributed by atoms with Crippen molar-refractivity contribution < 1.29 is 9.59 Å². The third kappa shape index (κ3) is 2.91. The van der Waals surface area contributed by atoms with Gasteiger partial charge in [-0.2, -0.15) is 15.4 Å². The molecule has 1 unspecified atom stereocenters. The zero-order valence-electron chi connectivity index (χ0n) is 16.0. The Balaban J connectivity index is 1.47. The number of carbonyl (C=O) groups is 2. The van der Waals surface area contributed by atoms with Gasteiger partial charge in [-0.3, -0.25) is 9.59 Å². The predicted molar refractivity (Wildman–Crippen MR) is 100 cm³/mol. The second-order valence-electron chi connectivity index (χ2n) is 8.12. The van der Waals surface area contributed by atoms with Gasteiger partial charge in [0.1, 0.15) is 0 Å². The van der Waals surface area contributed by atoms with Crippen LogP contribution in [0.3, 0.4) is 0 Å². The van der Waals surface area contributed by atoms with E-state index in [0.717, 1.165) is 6.42 Å². The number of aromatic amines is 1. The van der Waals surface area contributed by atoms with Crippen molar-refractivity contribution in [1.29, 1.82) is 0 Å². The molecule has 2 amide bonds. The lowest BCUT2D eigenvalue weighted by Gasteiger charge is -2.41. The quantitative estimate of drug-likeness (QED) is 0.875. The van der Waals surface area contributed by atoms with Crippen LogP contribution in [0.15, 0.2) is 30.5 Å². The fourth-order valence-corrected chi connectivity index (χ4v) is 4.52. The Labute approximate surface area is 158 Å². The Morgan fingerprint density at radius 2 is 2.00 bits per heavy atom. The fourth-order valence-electron chi connectivity index (χ4n) is 4.52. The van der Waals surface area contributed by atoms with Crippen LogP contribution >= 0.6 is 0 Å². The molecule has 1 aliphatic heterocycles. The van der Waals surface area contributed by atoms with Crippen LogP contribution in [0.25, 0.3) is 0 Å². The normalized spacial score (nSPS) is 24.0. The molecule has 0 bridgehead atoms. The maximum atomic E-state index is 13.3. The van der Waals surface area contributed by atoms with Crippen molar-refractivity contribution in [3.05, 3.63) is 47.3 Å². The number of carbonyl (C=O) groups excluding carboxylic acids is 2. The number of nitrogens with zero attached hydrogens (tertiary/aromatic N) is 4. The first kappa shape index (κ1) is 17.7. The third-order valence-electron chi connectivity index (χ3n) is 6.14. The van der Waals surface area contributed by atoms with E-state index >= 15 is 0 Å². The molecule has 142 valence electrons. The van der Waals surface area contributed by atoms with E-state index in [1.165, 1.54) is 17.3 Å². The number of benzene rings is 1. The summed E-state index contributed by atoms with van der Waals surface area (Å²) in [4.78, 5) is 29.6. The van der Waals surface area contributed by atoms with Gasteiger partial charge in [0.2, 0.25) is 5.91 Å². The number of hydrogen-bond acceptors (Lipinski definition) is 4. The Morgan fingerprint density at radius 1 is 1.22 bits per heavy atom. The van der Waals surface area contributed by atoms with E-state index in [2.05, 4.69) is 41.4 Å². The smallest absolute Gasteiger partial charge is 0.276 e. The van der Waals surface area contributed by atoms with Gasteiger partial charge in [-0.15, -0.1) is 0 Å². The summed E-state index contributed by atoms with van der Waals surface area (Å²) in [6.07, 6.45) is 2.22. The highest BCUT2D eigenvalue weighted by atomic mass is 16.2. The molecule has 1 aromatic heterocycles. The van der Waals surface area contributed by atoms with Crippen LogP contribution in [0.1, 0.15) is 42.4 Å². The molecule has 0 spiro atoms. The van der Waals surface area contributed by atoms with Gasteiger partial charge in [-0.1, -0.05) is 38.1 Å². The Kier molecular flexibility index (Phi) is 4.25. The standard InChI is InChI=1S/C20H25N5O2/c1-13-12-24(8-9-25(13)19(27)17-11-21-23-22-17)18(26)16-10-14-6-4-5-7-15(14)20(16,2)3/h4-7,11,13,16H,8-10,12H2,1-3H3,(H,21,22,23)/t13-,16?/m1/s1. The SMILES string of the molecule is C[C@@H]1CN(C(=O)C2Cc3ccccc3C2(C)C)CCN1C(=O)c1cn[nH]n1. The van der Waals surface area contributed by atoms with Gasteiger partial charge in [0, 0.05) is 31.1 Å². The molecular weight excluding hydrogens is 342 g/mol. The van der Waals surface area contributed by atoms with Crippen LogP contribution in [0.4, 0.5) is 0 Å². The van der Waals surface area contributed by atoms with Crippen molar-refractivity contribution in [3.63, 3.8) is 0 Å². The van der Waals surface area contributed by atoms with Gasteiger partial charge in [0.15, 0.2) is 5.69 Å². The zero-order chi connectivity index (χ0) is 19.2. The summed E-state index contributed by atoms with van der Waals surface area (Å²) >= 11 is 0. The lowest BCUT2D eigenvalue weighted by Crippen LogP contribution is -2.57. The van der Waals surface area contributed by atoms with Gasteiger partial charge in [-0.05, 0) is 24.5 Å². The summed E-state index contributed by atoms with van der Waals surface area (Å²) < 4.78 is 0. The van der Waals surface area contributed by atoms with Gasteiger partial charge in [0.05, 0.1) is 12.1 Å². The molecule has 1 saturated heterocycles. The van der Waals surface area contributed by atoms with Gasteiger partial charge < -0.3 is 9.80 Å². The minimum absolute atomic E-state index is 0.0557. The molecule has 0 saturated carbocycles. The van der Waals surface area contributed by atoms with Crippen LogP contribution in [0, 0.1) is 5.92 Å². The summed E-state index contributed by atoms with van der Waals surface area (Å²) in [6.45, 7) is 7.91. The first-order valence-corrected chi connectivity index (χ1v) is 9.43. The number of piperazine rings is 1. The maximum absolute atomic E-state index is 13.3. The summed E-state index contributed by atoms with van der Waals surface area (Å²) in [6, 6.07) is 8.29. The number of rotatable bonds is 2. The van der Waals surface area contributed by atoms with E-state index < -0.39 is 0 Å². The highest BCUT2D eigenvalue weighted by molar-refractivity contribution is 5.92. The number of nitrogens with one attached hydrogen (secondary N) is 1. The number of H-pyrrole nitrogens is 1. The number of fused-ring (bicyclic) bond motifs is 1. The minimum Gasteiger partial charge on any atom is -0.339 e. The third-order valence-corrected chi connectivity index (χ3v) is 6.14. The van der Waals surface area contributed by atoms with E-state index in [-0.39, 0.29) is 29.2 Å². The second-order valence-corrected chi connectivity index (χ2v) is 8.12. The Bertz CT molecular complexity index is 861. The molecule has 7 nitrogen and oxygen atoms in total. The van der Waals surface area contributed by atoms with Gasteiger partial charge in [-0.25, -0.2) is 0 Å². The molecule has 2 aromatic rings. The van der Waals surface area contributed by atoms with Crippen molar-refractivity contribution >= 4 is 11.8 Å². The average molecular weight is 367 g/mol. The van der Waals surface area contributed by atoms with E-state index in [1.54, 1.807) is 4.90 Å². The van der Waals surface area contributed by atoms with Crippen molar-refractivity contribution in [1.82, 2.24) is 25.2 Å². The molecule has 2 atom stereocenters. The monoisotopic (exact) mass is 367 g/mol. The van der Waals surface area contributed by atoms with Crippen molar-refractivity contribution in [2.45, 2.75) is 38.6 Å². The second kappa shape index (κ2) is 6.48. The topological polar surface area (TPSA) is 82.2 Å². The van der Waals surface area contributed by atoms with E-state index in [0.29, 0.717) is 25.3 Å². The maximum Gasteiger partial charge on any atom is 0.276 e. The number of hydrogen-bond donors (Lipinski definition) is 1. The molecule has 1 N–H and O–H groups in total. The lowest BCUT2D eigenvalue weighted by atomic mass is 9.77. The molecule has 7 heteroatoms. The summed E-state index contributed by atoms with van der Waals surface area (Å²) in [5, 5.41) is 10.1. The summed E-state index contributed by atoms with van der Waals surface area (Å²) in [7, 11) is 0. The van der Waals surface area contributed by atoms with Crippen LogP contribution < -0.4 is 0 Å². The van der Waals surface area contributed by atoms with E-state index in [4.69, 9.17) is 0 Å². The molecule has 0 radical (unpaired) electrons. The molecule has 2 heterocycles. The fraction of sp³-hybridized carbons (Fsp3) is 0.500. The molecule has 2 aliphatic rings. The molecule has 1 aromatic carbocycles. The van der Waals surface area contributed by atoms with Crippen molar-refractivity contribution in [2.24, 2.45) is 5.92 Å². The lowest BCUT2D eigenvalue weighted by molar-refractivity contribution is -0.139. The van der Waals surface area contributed by atoms with Gasteiger partial charge >= 0.3 is 0 Å². The molecule has 4 rings (SSSR count). The van der Waals surface area contributed by atoms with Crippen molar-refractivity contribution in [2.75, 3.05) is 19.6 Å². The van der Waals surface area contributed by atoms with Gasteiger partial charge in [0.25, 0.3) is 5.91 Å². The molecule has 27 heavy (non-hydrogen) atoms. The Morgan fingerprint density at radius 3 is 2.67 bits per heavy atom. The largest absolute Gasteiger partial charge is 0.339 e. The van der Waals surface area contributed by atoms with Crippen molar-refractivity contribution in [3.8, 4) is 0 Å². The van der Waals surface area contributed by atoms with Crippen LogP contribution in [0.5, 0.6) is 0 Å². The first-order valence-electron chi connectivity index (χ1n) is 9.43. The van der Waals surface area contributed by atoms with Crippen LogP contribution in [-0.2, 0) is 16.6 Å². The summed E-state index contributed by atoms with van der Waals surface area (Å²) in [5.41, 5.74) is 2.68.